The molecule has 1 aromatic rings. The van der Waals surface area contributed by atoms with Crippen LogP contribution in [0.4, 0.5) is 0 Å². The molecule has 0 amide bonds. The second-order valence-corrected chi connectivity index (χ2v) is 4.53. The van der Waals surface area contributed by atoms with Gasteiger partial charge in [-0.25, -0.2) is 4.98 Å². The van der Waals surface area contributed by atoms with Gasteiger partial charge in [0.2, 0.25) is 0 Å². The third-order valence-corrected chi connectivity index (χ3v) is 2.34. The molecule has 4 heteroatoms. The van der Waals surface area contributed by atoms with Crippen LogP contribution in [0.1, 0.15) is 32.3 Å². The molecular formula is C12H20N2O2. The molecule has 1 unspecified atom stereocenters. The van der Waals surface area contributed by atoms with Crippen LogP contribution in [0.5, 0.6) is 0 Å². The molecule has 0 saturated carbocycles. The van der Waals surface area contributed by atoms with Crippen molar-refractivity contribution in [3.63, 3.8) is 0 Å². The molecule has 0 fully saturated rings. The Kier molecular flexibility index (Phi) is 4.68. The highest BCUT2D eigenvalue weighted by molar-refractivity contribution is 5.04. The Bertz CT molecular complexity index is 385. The maximum absolute atomic E-state index is 11.4. The fourth-order valence-electron chi connectivity index (χ4n) is 1.54. The lowest BCUT2D eigenvalue weighted by Gasteiger charge is -2.10. The summed E-state index contributed by atoms with van der Waals surface area (Å²) < 4.78 is 5.15. The van der Waals surface area contributed by atoms with Gasteiger partial charge in [0.1, 0.15) is 5.82 Å². The average Bonchev–Trinajstić information content (AvgIpc) is 2.15. The first-order valence-corrected chi connectivity index (χ1v) is 5.63. The van der Waals surface area contributed by atoms with Gasteiger partial charge < -0.3 is 9.72 Å². The van der Waals surface area contributed by atoms with Crippen LogP contribution in [0.2, 0.25) is 0 Å². The minimum atomic E-state index is -0.0797. The quantitative estimate of drug-likeness (QED) is 0.825. The van der Waals surface area contributed by atoms with Crippen molar-refractivity contribution >= 4 is 0 Å². The number of methoxy groups -OCH3 is 1. The zero-order valence-corrected chi connectivity index (χ0v) is 10.4. The van der Waals surface area contributed by atoms with Crippen molar-refractivity contribution in [1.29, 1.82) is 0 Å². The van der Waals surface area contributed by atoms with Crippen molar-refractivity contribution in [2.24, 2.45) is 5.92 Å². The highest BCUT2D eigenvalue weighted by Gasteiger charge is 2.07. The lowest BCUT2D eigenvalue weighted by atomic mass is 10.1. The van der Waals surface area contributed by atoms with Gasteiger partial charge in [0.25, 0.3) is 5.56 Å². The van der Waals surface area contributed by atoms with E-state index < -0.39 is 0 Å². The van der Waals surface area contributed by atoms with E-state index in [-0.39, 0.29) is 11.7 Å². The number of hydrogen-bond acceptors (Lipinski definition) is 3. The van der Waals surface area contributed by atoms with Crippen molar-refractivity contribution in [2.45, 2.75) is 39.7 Å². The number of hydrogen-bond donors (Lipinski definition) is 1. The normalized spacial score (nSPS) is 13.1. The fraction of sp³-hybridized carbons (Fsp3) is 0.667. The first-order valence-electron chi connectivity index (χ1n) is 5.63. The van der Waals surface area contributed by atoms with Gasteiger partial charge in [0.05, 0.1) is 6.10 Å². The largest absolute Gasteiger partial charge is 0.381 e. The van der Waals surface area contributed by atoms with Crippen LogP contribution in [0.15, 0.2) is 10.9 Å². The van der Waals surface area contributed by atoms with Crippen molar-refractivity contribution in [2.75, 3.05) is 7.11 Å². The van der Waals surface area contributed by atoms with E-state index in [1.807, 2.05) is 6.92 Å². The molecule has 0 aromatic carbocycles. The second-order valence-electron chi connectivity index (χ2n) is 4.53. The predicted molar refractivity (Wildman–Crippen MR) is 63.6 cm³/mol. The molecule has 16 heavy (non-hydrogen) atoms. The van der Waals surface area contributed by atoms with E-state index >= 15 is 0 Å². The number of aromatic nitrogens is 2. The standard InChI is InChI=1S/C12H20N2O2/c1-8(2)5-10-7-12(15)14-11(13-10)6-9(3)16-4/h7-9H,5-6H2,1-4H3,(H,13,14,15). The number of nitrogens with one attached hydrogen (secondary N) is 1. The van der Waals surface area contributed by atoms with Gasteiger partial charge in [-0.2, -0.15) is 0 Å². The minimum Gasteiger partial charge on any atom is -0.381 e. The minimum absolute atomic E-state index is 0.0671. The first kappa shape index (κ1) is 12.9. The van der Waals surface area contributed by atoms with Gasteiger partial charge in [-0.3, -0.25) is 4.79 Å². The summed E-state index contributed by atoms with van der Waals surface area (Å²) in [7, 11) is 1.65. The molecule has 1 aromatic heterocycles. The molecule has 1 heterocycles. The highest BCUT2D eigenvalue weighted by atomic mass is 16.5. The summed E-state index contributed by atoms with van der Waals surface area (Å²) >= 11 is 0. The van der Waals surface area contributed by atoms with E-state index in [2.05, 4.69) is 23.8 Å². The molecule has 0 bridgehead atoms. The summed E-state index contributed by atoms with van der Waals surface area (Å²) in [5, 5.41) is 0. The Morgan fingerprint density at radius 3 is 2.62 bits per heavy atom. The maximum Gasteiger partial charge on any atom is 0.251 e. The molecule has 4 nitrogen and oxygen atoms in total. The van der Waals surface area contributed by atoms with Crippen LogP contribution in [0.25, 0.3) is 0 Å². The summed E-state index contributed by atoms with van der Waals surface area (Å²) in [6, 6.07) is 1.57. The summed E-state index contributed by atoms with van der Waals surface area (Å²) in [5.41, 5.74) is 0.779. The Morgan fingerprint density at radius 2 is 2.06 bits per heavy atom. The molecule has 0 aliphatic carbocycles. The smallest absolute Gasteiger partial charge is 0.251 e. The monoisotopic (exact) mass is 224 g/mol. The van der Waals surface area contributed by atoms with Gasteiger partial charge in [-0.1, -0.05) is 13.8 Å². The number of H-pyrrole nitrogens is 1. The third-order valence-electron chi connectivity index (χ3n) is 2.34. The molecular weight excluding hydrogens is 204 g/mol. The lowest BCUT2D eigenvalue weighted by Crippen LogP contribution is -2.18. The van der Waals surface area contributed by atoms with Gasteiger partial charge >= 0.3 is 0 Å². The molecule has 90 valence electrons. The molecule has 1 N–H and O–H groups in total. The number of aromatic amines is 1. The molecule has 0 radical (unpaired) electrons. The van der Waals surface area contributed by atoms with Gasteiger partial charge in [-0.15, -0.1) is 0 Å². The predicted octanol–water partition coefficient (Wildman–Crippen LogP) is 1.55. The number of nitrogens with zero attached hydrogens (tertiary/aromatic N) is 1. The van der Waals surface area contributed by atoms with E-state index in [0.29, 0.717) is 18.2 Å². The van der Waals surface area contributed by atoms with Crippen LogP contribution in [-0.2, 0) is 17.6 Å². The van der Waals surface area contributed by atoms with Crippen LogP contribution < -0.4 is 5.56 Å². The van der Waals surface area contributed by atoms with E-state index in [1.165, 1.54) is 0 Å². The summed E-state index contributed by atoms with van der Waals surface area (Å²) in [6.45, 7) is 6.18. The molecule has 0 aliphatic heterocycles. The van der Waals surface area contributed by atoms with Crippen LogP contribution in [-0.4, -0.2) is 23.2 Å². The zero-order valence-electron chi connectivity index (χ0n) is 10.4. The fourth-order valence-corrected chi connectivity index (χ4v) is 1.54. The van der Waals surface area contributed by atoms with E-state index in [9.17, 15) is 4.79 Å². The number of ether oxygens (including phenoxy) is 1. The highest BCUT2D eigenvalue weighted by Crippen LogP contribution is 2.04. The summed E-state index contributed by atoms with van der Waals surface area (Å²) in [5.74, 6) is 1.21. The SMILES string of the molecule is COC(C)Cc1nc(CC(C)C)cc(=O)[nH]1. The van der Waals surface area contributed by atoms with E-state index in [4.69, 9.17) is 4.74 Å². The Balaban J connectivity index is 2.85. The van der Waals surface area contributed by atoms with E-state index in [1.54, 1.807) is 13.2 Å². The number of rotatable bonds is 5. The van der Waals surface area contributed by atoms with Crippen molar-refractivity contribution in [3.8, 4) is 0 Å². The molecule has 0 spiro atoms. The first-order chi connectivity index (χ1) is 7.51. The van der Waals surface area contributed by atoms with Gasteiger partial charge in [0.15, 0.2) is 0 Å². The van der Waals surface area contributed by atoms with Gasteiger partial charge in [0, 0.05) is 25.3 Å². The summed E-state index contributed by atoms with van der Waals surface area (Å²) in [6.07, 6.45) is 1.54. The third kappa shape index (κ3) is 4.14. The molecule has 0 saturated heterocycles. The van der Waals surface area contributed by atoms with Crippen molar-refractivity contribution < 1.29 is 4.74 Å². The van der Waals surface area contributed by atoms with Crippen molar-refractivity contribution in [3.05, 3.63) is 27.9 Å². The Hall–Kier alpha value is -1.16. The molecule has 1 atom stereocenters. The average molecular weight is 224 g/mol. The summed E-state index contributed by atoms with van der Waals surface area (Å²) in [4.78, 5) is 18.6. The lowest BCUT2D eigenvalue weighted by molar-refractivity contribution is 0.117. The maximum atomic E-state index is 11.4. The molecule has 1 rings (SSSR count). The van der Waals surface area contributed by atoms with E-state index in [0.717, 1.165) is 12.1 Å². The van der Waals surface area contributed by atoms with Crippen LogP contribution in [0.3, 0.4) is 0 Å². The Labute approximate surface area is 96.1 Å². The Morgan fingerprint density at radius 1 is 1.38 bits per heavy atom. The van der Waals surface area contributed by atoms with Crippen LogP contribution in [0, 0.1) is 5.92 Å². The molecule has 0 aliphatic rings. The second kappa shape index (κ2) is 5.80. The van der Waals surface area contributed by atoms with Crippen LogP contribution >= 0.6 is 0 Å². The van der Waals surface area contributed by atoms with Gasteiger partial charge in [-0.05, 0) is 19.3 Å². The zero-order chi connectivity index (χ0) is 12.1. The topological polar surface area (TPSA) is 55.0 Å². The van der Waals surface area contributed by atoms with Crippen molar-refractivity contribution in [1.82, 2.24) is 9.97 Å².